The average molecular weight is 283 g/mol. The van der Waals surface area contributed by atoms with Crippen molar-refractivity contribution in [2.75, 3.05) is 6.54 Å². The second-order valence-corrected chi connectivity index (χ2v) is 5.51. The van der Waals surface area contributed by atoms with Crippen LogP contribution in [0.5, 0.6) is 0 Å². The Bertz CT molecular complexity index is 744. The van der Waals surface area contributed by atoms with E-state index in [4.69, 9.17) is 0 Å². The number of fused-ring (bicyclic) bond motifs is 1. The Balaban J connectivity index is 1.89. The summed E-state index contributed by atoms with van der Waals surface area (Å²) < 4.78 is 0. The standard InChI is InChI=1S/C16H17N3O2/c1-10-5-11(2)7-12(6-10)16(21)19-4-3-13-14(8-19)17-9-18-15(13)20/h5-7,9H,3-4,8H2,1-2H3,(H,17,18,20). The second-order valence-electron chi connectivity index (χ2n) is 5.51. The molecule has 0 unspecified atom stereocenters. The van der Waals surface area contributed by atoms with Crippen molar-refractivity contribution in [1.29, 1.82) is 0 Å². The number of carbonyl (C=O) groups is 1. The molecule has 1 aliphatic rings. The number of nitrogens with zero attached hydrogens (tertiary/aromatic N) is 2. The van der Waals surface area contributed by atoms with Gasteiger partial charge in [-0.05, 0) is 32.4 Å². The zero-order valence-corrected chi connectivity index (χ0v) is 12.1. The van der Waals surface area contributed by atoms with Gasteiger partial charge in [0.2, 0.25) is 0 Å². The number of aryl methyl sites for hydroxylation is 2. The number of H-pyrrole nitrogens is 1. The smallest absolute Gasteiger partial charge is 0.254 e. The second kappa shape index (κ2) is 5.16. The monoisotopic (exact) mass is 283 g/mol. The molecular weight excluding hydrogens is 266 g/mol. The van der Waals surface area contributed by atoms with Crippen molar-refractivity contribution < 1.29 is 4.79 Å². The summed E-state index contributed by atoms with van der Waals surface area (Å²) in [6.45, 7) is 4.91. The number of benzene rings is 1. The van der Waals surface area contributed by atoms with Crippen LogP contribution in [0.15, 0.2) is 29.3 Å². The SMILES string of the molecule is Cc1cc(C)cc(C(=O)N2CCc3c(nc[nH]c3=O)C2)c1. The highest BCUT2D eigenvalue weighted by atomic mass is 16.2. The van der Waals surface area contributed by atoms with Crippen LogP contribution in [0.3, 0.4) is 0 Å². The van der Waals surface area contributed by atoms with Crippen molar-refractivity contribution in [1.82, 2.24) is 14.9 Å². The number of aromatic nitrogens is 2. The molecule has 0 fully saturated rings. The fourth-order valence-electron chi connectivity index (χ4n) is 2.82. The lowest BCUT2D eigenvalue weighted by Gasteiger charge is -2.27. The van der Waals surface area contributed by atoms with Crippen molar-refractivity contribution in [3.8, 4) is 0 Å². The molecule has 1 amide bonds. The Morgan fingerprint density at radius 3 is 2.67 bits per heavy atom. The normalized spacial score (nSPS) is 13.9. The van der Waals surface area contributed by atoms with E-state index in [0.717, 1.165) is 11.1 Å². The number of hydrogen-bond donors (Lipinski definition) is 1. The van der Waals surface area contributed by atoms with E-state index in [1.807, 2.05) is 32.0 Å². The Hall–Kier alpha value is -2.43. The van der Waals surface area contributed by atoms with Gasteiger partial charge in [0.05, 0.1) is 18.6 Å². The first kappa shape index (κ1) is 13.5. The summed E-state index contributed by atoms with van der Waals surface area (Å²) in [5.74, 6) is -0.00506. The molecule has 0 saturated carbocycles. The van der Waals surface area contributed by atoms with Crippen LogP contribution < -0.4 is 5.56 Å². The Kier molecular flexibility index (Phi) is 3.33. The molecule has 1 aromatic carbocycles. The van der Waals surface area contributed by atoms with Crippen molar-refractivity contribution in [2.45, 2.75) is 26.8 Å². The molecule has 0 atom stereocenters. The number of amides is 1. The molecule has 2 heterocycles. The minimum Gasteiger partial charge on any atom is -0.332 e. The average Bonchev–Trinajstić information content (AvgIpc) is 2.45. The molecule has 0 radical (unpaired) electrons. The molecule has 1 N–H and O–H groups in total. The number of carbonyl (C=O) groups excluding carboxylic acids is 1. The largest absolute Gasteiger partial charge is 0.332 e. The van der Waals surface area contributed by atoms with E-state index in [-0.39, 0.29) is 11.5 Å². The summed E-state index contributed by atoms with van der Waals surface area (Å²) in [6.07, 6.45) is 1.95. The van der Waals surface area contributed by atoms with Gasteiger partial charge in [-0.3, -0.25) is 9.59 Å². The Labute approximate surface area is 122 Å². The van der Waals surface area contributed by atoms with Crippen molar-refractivity contribution >= 4 is 5.91 Å². The lowest BCUT2D eigenvalue weighted by molar-refractivity contribution is 0.0731. The number of aromatic amines is 1. The molecule has 0 bridgehead atoms. The van der Waals surface area contributed by atoms with Crippen LogP contribution in [-0.2, 0) is 13.0 Å². The minimum absolute atomic E-state index is 0.00506. The lowest BCUT2D eigenvalue weighted by atomic mass is 10.0. The summed E-state index contributed by atoms with van der Waals surface area (Å²) in [4.78, 5) is 32.8. The Morgan fingerprint density at radius 1 is 1.24 bits per heavy atom. The molecule has 0 spiro atoms. The van der Waals surface area contributed by atoms with E-state index in [0.29, 0.717) is 36.3 Å². The summed E-state index contributed by atoms with van der Waals surface area (Å²) in [7, 11) is 0. The third kappa shape index (κ3) is 2.59. The van der Waals surface area contributed by atoms with Gasteiger partial charge in [0, 0.05) is 17.7 Å². The van der Waals surface area contributed by atoms with Gasteiger partial charge in [0.15, 0.2) is 0 Å². The minimum atomic E-state index is -0.0986. The fourth-order valence-corrected chi connectivity index (χ4v) is 2.82. The summed E-state index contributed by atoms with van der Waals surface area (Å²) >= 11 is 0. The first-order valence-electron chi connectivity index (χ1n) is 6.97. The van der Waals surface area contributed by atoms with Crippen LogP contribution in [0.1, 0.15) is 32.7 Å². The quantitative estimate of drug-likeness (QED) is 0.864. The predicted octanol–water partition coefficient (Wildman–Crippen LogP) is 1.59. The third-order valence-electron chi connectivity index (χ3n) is 3.77. The zero-order chi connectivity index (χ0) is 15.0. The molecule has 3 rings (SSSR count). The van der Waals surface area contributed by atoms with Crippen molar-refractivity contribution in [3.05, 3.63) is 62.8 Å². The molecule has 5 nitrogen and oxygen atoms in total. The summed E-state index contributed by atoms with van der Waals surface area (Å²) in [5.41, 5.74) is 4.14. The van der Waals surface area contributed by atoms with Gasteiger partial charge in [0.1, 0.15) is 0 Å². The highest BCUT2D eigenvalue weighted by Crippen LogP contribution is 2.17. The molecule has 1 aromatic heterocycles. The summed E-state index contributed by atoms with van der Waals surface area (Å²) in [6, 6.07) is 5.84. The van der Waals surface area contributed by atoms with Crippen LogP contribution in [0, 0.1) is 13.8 Å². The maximum absolute atomic E-state index is 12.6. The highest BCUT2D eigenvalue weighted by Gasteiger charge is 2.24. The fraction of sp³-hybridized carbons (Fsp3) is 0.312. The molecule has 21 heavy (non-hydrogen) atoms. The zero-order valence-electron chi connectivity index (χ0n) is 12.1. The van der Waals surface area contributed by atoms with E-state index in [1.165, 1.54) is 6.33 Å². The van der Waals surface area contributed by atoms with E-state index in [2.05, 4.69) is 9.97 Å². The van der Waals surface area contributed by atoms with Gasteiger partial charge in [-0.1, -0.05) is 17.2 Å². The molecule has 0 saturated heterocycles. The van der Waals surface area contributed by atoms with Gasteiger partial charge in [-0.2, -0.15) is 0 Å². The molecule has 2 aromatic rings. The number of hydrogen-bond acceptors (Lipinski definition) is 3. The predicted molar refractivity (Wildman–Crippen MR) is 79.2 cm³/mol. The Morgan fingerprint density at radius 2 is 1.95 bits per heavy atom. The van der Waals surface area contributed by atoms with Crippen LogP contribution >= 0.6 is 0 Å². The molecule has 0 aliphatic carbocycles. The topological polar surface area (TPSA) is 66.1 Å². The van der Waals surface area contributed by atoms with Gasteiger partial charge in [-0.25, -0.2) is 4.98 Å². The van der Waals surface area contributed by atoms with Crippen LogP contribution in [0.4, 0.5) is 0 Å². The molecule has 5 heteroatoms. The van der Waals surface area contributed by atoms with Crippen LogP contribution in [-0.4, -0.2) is 27.3 Å². The first-order chi connectivity index (χ1) is 10.0. The molecular formula is C16H17N3O2. The van der Waals surface area contributed by atoms with Crippen LogP contribution in [0.2, 0.25) is 0 Å². The maximum atomic E-state index is 12.6. The molecule has 108 valence electrons. The molecule has 1 aliphatic heterocycles. The van der Waals surface area contributed by atoms with Gasteiger partial charge < -0.3 is 9.88 Å². The third-order valence-corrected chi connectivity index (χ3v) is 3.77. The van der Waals surface area contributed by atoms with E-state index in [9.17, 15) is 9.59 Å². The van der Waals surface area contributed by atoms with Gasteiger partial charge in [-0.15, -0.1) is 0 Å². The summed E-state index contributed by atoms with van der Waals surface area (Å²) in [5, 5.41) is 0. The first-order valence-corrected chi connectivity index (χ1v) is 6.97. The van der Waals surface area contributed by atoms with Crippen molar-refractivity contribution in [3.63, 3.8) is 0 Å². The van der Waals surface area contributed by atoms with E-state index >= 15 is 0 Å². The van der Waals surface area contributed by atoms with Gasteiger partial charge >= 0.3 is 0 Å². The van der Waals surface area contributed by atoms with Crippen molar-refractivity contribution in [2.24, 2.45) is 0 Å². The van der Waals surface area contributed by atoms with Gasteiger partial charge in [0.25, 0.3) is 11.5 Å². The van der Waals surface area contributed by atoms with Crippen LogP contribution in [0.25, 0.3) is 0 Å². The lowest BCUT2D eigenvalue weighted by Crippen LogP contribution is -2.39. The van der Waals surface area contributed by atoms with E-state index < -0.39 is 0 Å². The number of rotatable bonds is 1. The highest BCUT2D eigenvalue weighted by molar-refractivity contribution is 5.94. The maximum Gasteiger partial charge on any atom is 0.254 e. The van der Waals surface area contributed by atoms with E-state index in [1.54, 1.807) is 4.90 Å². The number of nitrogens with one attached hydrogen (secondary N) is 1.